The van der Waals surface area contributed by atoms with Crippen LogP contribution in [-0.2, 0) is 7.05 Å². The molecule has 1 aromatic heterocycles. The van der Waals surface area contributed by atoms with Gasteiger partial charge in [-0.3, -0.25) is 9.36 Å². The number of aromatic nitrogens is 3. The zero-order chi connectivity index (χ0) is 15.7. The number of hydrogen-bond donors (Lipinski definition) is 0. The van der Waals surface area contributed by atoms with Gasteiger partial charge in [0.25, 0.3) is 5.56 Å². The third kappa shape index (κ3) is 2.97. The van der Waals surface area contributed by atoms with Crippen LogP contribution in [0.25, 0.3) is 5.69 Å². The van der Waals surface area contributed by atoms with Crippen molar-refractivity contribution >= 4 is 11.6 Å². The van der Waals surface area contributed by atoms with Gasteiger partial charge in [-0.2, -0.15) is 9.78 Å². The highest BCUT2D eigenvalue weighted by atomic mass is 35.5. The second kappa shape index (κ2) is 5.69. The molecule has 0 aliphatic heterocycles. The van der Waals surface area contributed by atoms with Crippen LogP contribution in [-0.4, -0.2) is 20.5 Å². The molecule has 21 heavy (non-hydrogen) atoms. The average Bonchev–Trinajstić information content (AvgIpc) is 2.40. The van der Waals surface area contributed by atoms with Gasteiger partial charge in [0.2, 0.25) is 0 Å². The lowest BCUT2D eigenvalue weighted by Gasteiger charge is -2.14. The van der Waals surface area contributed by atoms with E-state index in [4.69, 9.17) is 16.3 Å². The molecule has 0 saturated heterocycles. The SMILES string of the molecule is CC(C)Oc1cc(-n2ncc(=O)n(C)c2=O)c(F)cc1Cl. The Labute approximate surface area is 124 Å². The van der Waals surface area contributed by atoms with Crippen LogP contribution in [0.2, 0.25) is 5.02 Å². The minimum atomic E-state index is -0.765. The van der Waals surface area contributed by atoms with Crippen molar-refractivity contribution in [1.82, 2.24) is 14.3 Å². The van der Waals surface area contributed by atoms with E-state index in [1.807, 2.05) is 0 Å². The lowest BCUT2D eigenvalue weighted by atomic mass is 10.3. The number of rotatable bonds is 3. The van der Waals surface area contributed by atoms with Crippen molar-refractivity contribution in [2.45, 2.75) is 20.0 Å². The molecule has 0 bridgehead atoms. The Kier molecular flexibility index (Phi) is 4.13. The zero-order valence-corrected chi connectivity index (χ0v) is 12.4. The van der Waals surface area contributed by atoms with Crippen molar-refractivity contribution in [2.75, 3.05) is 0 Å². The third-order valence-electron chi connectivity index (χ3n) is 2.67. The molecular formula is C13H13ClFN3O3. The first kappa shape index (κ1) is 15.2. The van der Waals surface area contributed by atoms with Gasteiger partial charge in [-0.05, 0) is 19.9 Å². The van der Waals surface area contributed by atoms with Crippen LogP contribution in [0.3, 0.4) is 0 Å². The van der Waals surface area contributed by atoms with E-state index in [9.17, 15) is 14.0 Å². The lowest BCUT2D eigenvalue weighted by Crippen LogP contribution is -2.38. The van der Waals surface area contributed by atoms with Crippen LogP contribution in [0, 0.1) is 5.82 Å². The van der Waals surface area contributed by atoms with Crippen molar-refractivity contribution in [3.63, 3.8) is 0 Å². The van der Waals surface area contributed by atoms with E-state index in [1.54, 1.807) is 13.8 Å². The van der Waals surface area contributed by atoms with Crippen LogP contribution in [0.1, 0.15) is 13.8 Å². The first-order valence-corrected chi connectivity index (χ1v) is 6.50. The Morgan fingerprint density at radius 3 is 2.62 bits per heavy atom. The third-order valence-corrected chi connectivity index (χ3v) is 2.97. The summed E-state index contributed by atoms with van der Waals surface area (Å²) in [5.74, 6) is -0.519. The molecule has 8 heteroatoms. The van der Waals surface area contributed by atoms with Gasteiger partial charge in [0.15, 0.2) is 5.82 Å². The molecule has 1 aromatic carbocycles. The van der Waals surface area contributed by atoms with Crippen LogP contribution in [0.5, 0.6) is 5.75 Å². The highest BCUT2D eigenvalue weighted by Crippen LogP contribution is 2.29. The molecule has 0 unspecified atom stereocenters. The molecule has 0 aliphatic carbocycles. The Hall–Kier alpha value is -2.15. The summed E-state index contributed by atoms with van der Waals surface area (Å²) in [5.41, 5.74) is -1.49. The molecule has 0 spiro atoms. The molecule has 0 radical (unpaired) electrons. The summed E-state index contributed by atoms with van der Waals surface area (Å²) in [6, 6.07) is 2.31. The number of ether oxygens (including phenoxy) is 1. The molecule has 2 aromatic rings. The van der Waals surface area contributed by atoms with Gasteiger partial charge in [0.05, 0.1) is 11.1 Å². The maximum absolute atomic E-state index is 14.0. The normalized spacial score (nSPS) is 11.0. The molecule has 112 valence electrons. The summed E-state index contributed by atoms with van der Waals surface area (Å²) in [4.78, 5) is 23.3. The lowest BCUT2D eigenvalue weighted by molar-refractivity contribution is 0.242. The van der Waals surface area contributed by atoms with Gasteiger partial charge < -0.3 is 4.74 Å². The predicted octanol–water partition coefficient (Wildman–Crippen LogP) is 1.51. The molecule has 1 heterocycles. The van der Waals surface area contributed by atoms with Crippen molar-refractivity contribution in [3.8, 4) is 11.4 Å². The maximum atomic E-state index is 14.0. The fraction of sp³-hybridized carbons (Fsp3) is 0.308. The average molecular weight is 314 g/mol. The molecule has 6 nitrogen and oxygen atoms in total. The smallest absolute Gasteiger partial charge is 0.352 e. The molecule has 0 saturated carbocycles. The fourth-order valence-electron chi connectivity index (χ4n) is 1.67. The van der Waals surface area contributed by atoms with Crippen LogP contribution in [0.4, 0.5) is 4.39 Å². The van der Waals surface area contributed by atoms with Gasteiger partial charge >= 0.3 is 5.69 Å². The second-order valence-corrected chi connectivity index (χ2v) is 5.04. The Morgan fingerprint density at radius 2 is 2.00 bits per heavy atom. The monoisotopic (exact) mass is 313 g/mol. The zero-order valence-electron chi connectivity index (χ0n) is 11.6. The molecule has 0 aliphatic rings. The predicted molar refractivity (Wildman–Crippen MR) is 75.8 cm³/mol. The Morgan fingerprint density at radius 1 is 1.33 bits per heavy atom. The summed E-state index contributed by atoms with van der Waals surface area (Å²) < 4.78 is 21.1. The number of hydrogen-bond acceptors (Lipinski definition) is 4. The molecule has 0 N–H and O–H groups in total. The van der Waals surface area contributed by atoms with Crippen molar-refractivity contribution in [2.24, 2.45) is 7.05 Å². The minimum Gasteiger partial charge on any atom is -0.489 e. The van der Waals surface area contributed by atoms with E-state index in [1.165, 1.54) is 13.1 Å². The molecule has 0 fully saturated rings. The topological polar surface area (TPSA) is 66.1 Å². The van der Waals surface area contributed by atoms with Gasteiger partial charge in [-0.15, -0.1) is 0 Å². The highest BCUT2D eigenvalue weighted by molar-refractivity contribution is 6.32. The van der Waals surface area contributed by atoms with Crippen LogP contribution in [0.15, 0.2) is 27.9 Å². The largest absolute Gasteiger partial charge is 0.489 e. The van der Waals surface area contributed by atoms with Gasteiger partial charge in [-0.1, -0.05) is 11.6 Å². The number of nitrogens with zero attached hydrogens (tertiary/aromatic N) is 3. The van der Waals surface area contributed by atoms with Crippen molar-refractivity contribution in [1.29, 1.82) is 0 Å². The quantitative estimate of drug-likeness (QED) is 0.861. The molecule has 0 amide bonds. The van der Waals surface area contributed by atoms with E-state index in [0.29, 0.717) is 0 Å². The van der Waals surface area contributed by atoms with E-state index in [-0.39, 0.29) is 22.6 Å². The van der Waals surface area contributed by atoms with Gasteiger partial charge in [0, 0.05) is 13.1 Å². The first-order valence-electron chi connectivity index (χ1n) is 6.12. The molecular weight excluding hydrogens is 301 g/mol. The molecule has 0 atom stereocenters. The highest BCUT2D eigenvalue weighted by Gasteiger charge is 2.15. The standard InChI is InChI=1S/C13H13ClFN3O3/c1-7(2)21-11-5-10(9(15)4-8(11)14)18-13(20)17(3)12(19)6-16-18/h4-7H,1-3H3. The van der Waals surface area contributed by atoms with Crippen molar-refractivity contribution in [3.05, 3.63) is 50.0 Å². The van der Waals surface area contributed by atoms with E-state index >= 15 is 0 Å². The van der Waals surface area contributed by atoms with Gasteiger partial charge in [-0.25, -0.2) is 9.18 Å². The molecule has 2 rings (SSSR count). The summed E-state index contributed by atoms with van der Waals surface area (Å²) in [6.07, 6.45) is 0.754. The number of halogens is 2. The van der Waals surface area contributed by atoms with Crippen LogP contribution >= 0.6 is 11.6 Å². The summed E-state index contributed by atoms with van der Waals surface area (Å²) in [6.45, 7) is 3.58. The van der Waals surface area contributed by atoms with Crippen LogP contribution < -0.4 is 16.0 Å². The summed E-state index contributed by atoms with van der Waals surface area (Å²) in [5, 5.41) is 3.74. The maximum Gasteiger partial charge on any atom is 0.352 e. The Bertz CT molecular complexity index is 798. The van der Waals surface area contributed by atoms with E-state index < -0.39 is 17.1 Å². The van der Waals surface area contributed by atoms with E-state index in [0.717, 1.165) is 21.5 Å². The number of benzene rings is 1. The van der Waals surface area contributed by atoms with E-state index in [2.05, 4.69) is 5.10 Å². The summed E-state index contributed by atoms with van der Waals surface area (Å²) >= 11 is 5.90. The van der Waals surface area contributed by atoms with Gasteiger partial charge in [0.1, 0.15) is 17.6 Å². The fourth-order valence-corrected chi connectivity index (χ4v) is 1.86. The summed E-state index contributed by atoms with van der Waals surface area (Å²) in [7, 11) is 1.28. The van der Waals surface area contributed by atoms with Crippen molar-refractivity contribution < 1.29 is 9.13 Å². The Balaban J connectivity index is 2.67. The second-order valence-electron chi connectivity index (χ2n) is 4.64. The minimum absolute atomic E-state index is 0.0859. The first-order chi connectivity index (χ1) is 9.81.